The number of aromatic hydroxyl groups is 1. The normalized spacial score (nSPS) is 11.5. The summed E-state index contributed by atoms with van der Waals surface area (Å²) in [4.78, 5) is 11.7. The number of hydrogen-bond acceptors (Lipinski definition) is 3. The number of nitrogens with one attached hydrogen (secondary N) is 1. The first-order chi connectivity index (χ1) is 11.9. The molecule has 0 bridgehead atoms. The highest BCUT2D eigenvalue weighted by Gasteiger charge is 2.17. The molecule has 0 saturated carbocycles. The zero-order valence-corrected chi connectivity index (χ0v) is 15.0. The van der Waals surface area contributed by atoms with Crippen LogP contribution in [-0.4, -0.2) is 17.7 Å². The van der Waals surface area contributed by atoms with E-state index in [1.54, 1.807) is 6.07 Å². The predicted molar refractivity (Wildman–Crippen MR) is 100 cm³/mol. The fourth-order valence-corrected chi connectivity index (χ4v) is 2.37. The van der Waals surface area contributed by atoms with Crippen molar-refractivity contribution in [1.82, 2.24) is 5.32 Å². The minimum absolute atomic E-state index is 0.132. The maximum Gasteiger partial charge on any atom is 0.407 e. The molecule has 0 atom stereocenters. The Hall–Kier alpha value is -2.75. The van der Waals surface area contributed by atoms with Gasteiger partial charge in [-0.15, -0.1) is 0 Å². The minimum atomic E-state index is -0.449. The van der Waals surface area contributed by atoms with Gasteiger partial charge in [0.25, 0.3) is 0 Å². The summed E-state index contributed by atoms with van der Waals surface area (Å²) >= 11 is 0. The van der Waals surface area contributed by atoms with Crippen LogP contribution in [0.15, 0.2) is 54.6 Å². The van der Waals surface area contributed by atoms with E-state index in [0.29, 0.717) is 12.3 Å². The van der Waals surface area contributed by atoms with Gasteiger partial charge in [0.05, 0.1) is 0 Å². The van der Waals surface area contributed by atoms with Gasteiger partial charge in [-0.3, -0.25) is 0 Å². The first-order valence-corrected chi connectivity index (χ1v) is 8.31. The number of benzene rings is 2. The van der Waals surface area contributed by atoms with Gasteiger partial charge in [-0.1, -0.05) is 69.3 Å². The highest BCUT2D eigenvalue weighted by atomic mass is 16.5. The third-order valence-electron chi connectivity index (χ3n) is 3.72. The average molecular weight is 339 g/mol. The van der Waals surface area contributed by atoms with Crippen LogP contribution >= 0.6 is 0 Å². The Morgan fingerprint density at radius 2 is 1.88 bits per heavy atom. The van der Waals surface area contributed by atoms with E-state index in [2.05, 4.69) is 26.1 Å². The SMILES string of the molecule is CC(C)(C)c1cc(C=CCNC(=O)OCc2ccccc2)ccc1O. The Morgan fingerprint density at radius 1 is 1.16 bits per heavy atom. The van der Waals surface area contributed by atoms with Crippen LogP contribution in [0.1, 0.15) is 37.5 Å². The summed E-state index contributed by atoms with van der Waals surface area (Å²) in [5, 5.41) is 12.7. The highest BCUT2D eigenvalue weighted by Crippen LogP contribution is 2.31. The molecule has 0 aliphatic rings. The smallest absolute Gasteiger partial charge is 0.407 e. The molecule has 0 unspecified atom stereocenters. The van der Waals surface area contributed by atoms with E-state index in [4.69, 9.17) is 4.74 Å². The number of carbonyl (C=O) groups excluding carboxylic acids is 1. The van der Waals surface area contributed by atoms with Gasteiger partial charge in [0.1, 0.15) is 12.4 Å². The fraction of sp³-hybridized carbons (Fsp3) is 0.286. The van der Waals surface area contributed by atoms with Crippen molar-refractivity contribution >= 4 is 12.2 Å². The minimum Gasteiger partial charge on any atom is -0.508 e. The molecular formula is C21H25NO3. The Balaban J connectivity index is 1.82. The lowest BCUT2D eigenvalue weighted by atomic mass is 9.85. The van der Waals surface area contributed by atoms with Gasteiger partial charge in [0.15, 0.2) is 0 Å². The standard InChI is InChI=1S/C21H25NO3/c1-21(2,3)18-14-16(11-12-19(18)23)10-7-13-22-20(24)25-15-17-8-5-4-6-9-17/h4-12,14,23H,13,15H2,1-3H3,(H,22,24). The van der Waals surface area contributed by atoms with Crippen LogP contribution in [0.2, 0.25) is 0 Å². The highest BCUT2D eigenvalue weighted by molar-refractivity contribution is 5.67. The average Bonchev–Trinajstić information content (AvgIpc) is 2.58. The molecule has 2 rings (SSSR count). The van der Waals surface area contributed by atoms with E-state index in [9.17, 15) is 9.90 Å². The van der Waals surface area contributed by atoms with Crippen molar-refractivity contribution in [2.24, 2.45) is 0 Å². The molecule has 0 aliphatic heterocycles. The molecular weight excluding hydrogens is 314 g/mol. The molecule has 2 aromatic rings. The topological polar surface area (TPSA) is 58.6 Å². The van der Waals surface area contributed by atoms with E-state index in [1.165, 1.54) is 0 Å². The molecule has 132 valence electrons. The van der Waals surface area contributed by atoms with Crippen molar-refractivity contribution in [2.75, 3.05) is 6.54 Å². The quantitative estimate of drug-likeness (QED) is 0.835. The van der Waals surface area contributed by atoms with E-state index < -0.39 is 6.09 Å². The van der Waals surface area contributed by atoms with Crippen LogP contribution < -0.4 is 5.32 Å². The molecule has 1 amide bonds. The van der Waals surface area contributed by atoms with Crippen LogP contribution in [0.4, 0.5) is 4.79 Å². The van der Waals surface area contributed by atoms with Crippen LogP contribution in [0.25, 0.3) is 6.08 Å². The lowest BCUT2D eigenvalue weighted by molar-refractivity contribution is 0.141. The largest absolute Gasteiger partial charge is 0.508 e. The number of rotatable bonds is 5. The zero-order chi connectivity index (χ0) is 18.3. The Morgan fingerprint density at radius 3 is 2.56 bits per heavy atom. The van der Waals surface area contributed by atoms with Crippen LogP contribution in [0, 0.1) is 0 Å². The molecule has 2 aromatic carbocycles. The van der Waals surface area contributed by atoms with Gasteiger partial charge < -0.3 is 15.2 Å². The van der Waals surface area contributed by atoms with Crippen molar-refractivity contribution in [2.45, 2.75) is 32.8 Å². The number of amides is 1. The van der Waals surface area contributed by atoms with Crippen molar-refractivity contribution < 1.29 is 14.6 Å². The van der Waals surface area contributed by atoms with Gasteiger partial charge in [0, 0.05) is 6.54 Å². The number of alkyl carbamates (subject to hydrolysis) is 1. The monoisotopic (exact) mass is 339 g/mol. The molecule has 0 aliphatic carbocycles. The van der Waals surface area contributed by atoms with E-state index >= 15 is 0 Å². The molecule has 25 heavy (non-hydrogen) atoms. The number of phenols is 1. The second-order valence-electron chi connectivity index (χ2n) is 6.87. The molecule has 0 heterocycles. The van der Waals surface area contributed by atoms with Crippen molar-refractivity contribution in [3.63, 3.8) is 0 Å². The van der Waals surface area contributed by atoms with Crippen molar-refractivity contribution in [3.05, 3.63) is 71.3 Å². The van der Waals surface area contributed by atoms with Crippen LogP contribution in [0.3, 0.4) is 0 Å². The van der Waals surface area contributed by atoms with E-state index in [0.717, 1.165) is 16.7 Å². The first kappa shape index (κ1) is 18.6. The maximum atomic E-state index is 11.7. The van der Waals surface area contributed by atoms with Gasteiger partial charge in [0.2, 0.25) is 0 Å². The number of phenolic OH excluding ortho intramolecular Hbond substituents is 1. The molecule has 0 spiro atoms. The number of ether oxygens (including phenoxy) is 1. The van der Waals surface area contributed by atoms with Crippen LogP contribution in [0.5, 0.6) is 5.75 Å². The summed E-state index contributed by atoms with van der Waals surface area (Å²) in [5.74, 6) is 0.298. The molecule has 0 saturated heterocycles. The third kappa shape index (κ3) is 5.99. The Bertz CT molecular complexity index is 731. The van der Waals surface area contributed by atoms with E-state index in [1.807, 2.05) is 54.6 Å². The Labute approximate surface area is 149 Å². The molecule has 2 N–H and O–H groups in total. The summed E-state index contributed by atoms with van der Waals surface area (Å²) in [6.07, 6.45) is 3.31. The molecule has 4 nitrogen and oxygen atoms in total. The summed E-state index contributed by atoms with van der Waals surface area (Å²) in [6.45, 7) is 6.79. The molecule has 0 aromatic heterocycles. The van der Waals surface area contributed by atoms with Gasteiger partial charge in [-0.2, -0.15) is 0 Å². The summed E-state index contributed by atoms with van der Waals surface area (Å²) < 4.78 is 5.14. The zero-order valence-electron chi connectivity index (χ0n) is 15.0. The lowest BCUT2D eigenvalue weighted by Crippen LogP contribution is -2.24. The second kappa shape index (κ2) is 8.38. The van der Waals surface area contributed by atoms with Gasteiger partial charge in [-0.25, -0.2) is 4.79 Å². The summed E-state index contributed by atoms with van der Waals surface area (Å²) in [5.41, 5.74) is 2.69. The lowest BCUT2D eigenvalue weighted by Gasteiger charge is -2.20. The van der Waals surface area contributed by atoms with E-state index in [-0.39, 0.29) is 12.0 Å². The summed E-state index contributed by atoms with van der Waals surface area (Å²) in [7, 11) is 0. The molecule has 0 radical (unpaired) electrons. The van der Waals surface area contributed by atoms with Crippen molar-refractivity contribution in [3.8, 4) is 5.75 Å². The number of carbonyl (C=O) groups is 1. The first-order valence-electron chi connectivity index (χ1n) is 8.31. The fourth-order valence-electron chi connectivity index (χ4n) is 2.37. The van der Waals surface area contributed by atoms with Crippen LogP contribution in [-0.2, 0) is 16.8 Å². The number of hydrogen-bond donors (Lipinski definition) is 2. The molecule has 4 heteroatoms. The Kier molecular flexibility index (Phi) is 6.23. The van der Waals surface area contributed by atoms with Crippen molar-refractivity contribution in [1.29, 1.82) is 0 Å². The molecule has 0 fully saturated rings. The predicted octanol–water partition coefficient (Wildman–Crippen LogP) is 4.63. The maximum absolute atomic E-state index is 11.7. The second-order valence-corrected chi connectivity index (χ2v) is 6.87. The van der Waals surface area contributed by atoms with Gasteiger partial charge >= 0.3 is 6.09 Å². The third-order valence-corrected chi connectivity index (χ3v) is 3.72. The summed E-state index contributed by atoms with van der Waals surface area (Å²) in [6, 6.07) is 15.0. The van der Waals surface area contributed by atoms with Gasteiger partial charge in [-0.05, 0) is 34.2 Å².